The molecule has 1 saturated heterocycles. The smallest absolute Gasteiger partial charge is 0.490 e. The van der Waals surface area contributed by atoms with E-state index in [1.165, 1.54) is 91.3 Å². The number of amides is 9. The van der Waals surface area contributed by atoms with Gasteiger partial charge in [-0.25, -0.2) is 18.6 Å². The van der Waals surface area contributed by atoms with Gasteiger partial charge in [-0.1, -0.05) is 18.6 Å². The number of carbonyl (C=O) groups is 12. The number of phenolic OH excluding ortho intramolecular Hbond substituents is 1. The molecule has 540 valence electrons. The van der Waals surface area contributed by atoms with Crippen molar-refractivity contribution in [1.29, 1.82) is 0 Å². The van der Waals surface area contributed by atoms with Gasteiger partial charge in [-0.15, -0.1) is 0 Å². The zero-order chi connectivity index (χ0) is 73.6. The van der Waals surface area contributed by atoms with Gasteiger partial charge in [0.2, 0.25) is 53.2 Å². The number of carbonyl (C=O) groups excluding carboxylic acids is 10. The molecule has 0 aliphatic carbocycles. The first-order valence-electron chi connectivity index (χ1n) is 31.3. The van der Waals surface area contributed by atoms with Crippen molar-refractivity contribution in [3.8, 4) is 5.75 Å². The molecule has 17 N–H and O–H groups in total. The maximum atomic E-state index is 15.0. The van der Waals surface area contributed by atoms with E-state index in [-0.39, 0.29) is 91.2 Å². The van der Waals surface area contributed by atoms with Crippen molar-refractivity contribution in [3.63, 3.8) is 0 Å². The van der Waals surface area contributed by atoms with Crippen LogP contribution < -0.4 is 48.7 Å². The number of ketones is 1. The van der Waals surface area contributed by atoms with Gasteiger partial charge in [0.1, 0.15) is 65.0 Å². The van der Waals surface area contributed by atoms with Crippen LogP contribution in [0.15, 0.2) is 85.6 Å². The van der Waals surface area contributed by atoms with E-state index in [9.17, 15) is 84.9 Å². The Morgan fingerprint density at radius 2 is 1.22 bits per heavy atom. The largest absolute Gasteiger partial charge is 0.508 e. The van der Waals surface area contributed by atoms with Crippen LogP contribution in [0.2, 0.25) is 0 Å². The number of likely N-dealkylation sites (tertiary alicyclic amines) is 1. The molecule has 3 aromatic heterocycles. The van der Waals surface area contributed by atoms with Crippen LogP contribution in [0.5, 0.6) is 5.75 Å². The van der Waals surface area contributed by atoms with Gasteiger partial charge in [-0.2, -0.15) is 38.4 Å². The Balaban J connectivity index is 0.00000213. The lowest BCUT2D eigenvalue weighted by atomic mass is 9.94. The Labute approximate surface area is 578 Å². The van der Waals surface area contributed by atoms with E-state index in [0.717, 1.165) is 6.07 Å². The van der Waals surface area contributed by atoms with E-state index in [0.29, 0.717) is 53.4 Å². The van der Waals surface area contributed by atoms with Crippen molar-refractivity contribution in [2.45, 2.75) is 132 Å². The second-order valence-electron chi connectivity index (χ2n) is 23.7. The predicted molar refractivity (Wildman–Crippen MR) is 355 cm³/mol. The molecule has 100 heavy (non-hydrogen) atoms. The van der Waals surface area contributed by atoms with Crippen molar-refractivity contribution < 1.29 is 94.8 Å². The molecular weight excluding hydrogens is 1360 g/mol. The highest BCUT2D eigenvalue weighted by Gasteiger charge is 2.49. The fourth-order valence-electron chi connectivity index (χ4n) is 11.0. The molecule has 0 radical (unpaired) electrons. The average Bonchev–Trinajstić information content (AvgIpc) is 1.61. The number of benzene rings is 3. The molecule has 29 nitrogen and oxygen atoms in total. The van der Waals surface area contributed by atoms with E-state index in [1.54, 1.807) is 0 Å². The van der Waals surface area contributed by atoms with Crippen molar-refractivity contribution in [1.82, 2.24) is 62.1 Å². The number of primary amides is 1. The van der Waals surface area contributed by atoms with Crippen molar-refractivity contribution in [2.75, 3.05) is 31.1 Å². The van der Waals surface area contributed by atoms with Crippen LogP contribution >= 0.6 is 25.3 Å². The van der Waals surface area contributed by atoms with Gasteiger partial charge < -0.3 is 83.9 Å². The lowest BCUT2D eigenvalue weighted by Gasteiger charge is -2.37. The number of aromatic hydroxyl groups is 1. The van der Waals surface area contributed by atoms with Crippen LogP contribution in [0.1, 0.15) is 80.7 Å². The molecule has 36 heteroatoms. The molecule has 1 fully saturated rings. The fraction of sp³-hybridized carbons (Fsp3) is 0.422. The number of hydrogen-bond donors (Lipinski definition) is 17. The number of nitrogens with two attached hydrogens (primary N) is 2. The van der Waals surface area contributed by atoms with E-state index in [2.05, 4.69) is 82.4 Å². The lowest BCUT2D eigenvalue weighted by Crippen LogP contribution is -2.63. The number of imidazole rings is 1. The second kappa shape index (κ2) is 36.6. The summed E-state index contributed by atoms with van der Waals surface area (Å²) in [6.45, 7) is 1.15. The summed E-state index contributed by atoms with van der Waals surface area (Å²) in [5.74, 6) is -15.2. The minimum atomic E-state index is -5.08. The average molecular weight is 1440 g/mol. The number of rotatable bonds is 35. The van der Waals surface area contributed by atoms with Crippen LogP contribution in [0.3, 0.4) is 0 Å². The van der Waals surface area contributed by atoms with Gasteiger partial charge in [-0.05, 0) is 110 Å². The monoisotopic (exact) mass is 1440 g/mol. The van der Waals surface area contributed by atoms with Crippen molar-refractivity contribution in [3.05, 3.63) is 120 Å². The minimum absolute atomic E-state index is 0.0237. The van der Waals surface area contributed by atoms with E-state index < -0.39 is 150 Å². The van der Waals surface area contributed by atoms with Crippen LogP contribution in [0, 0.1) is 17.6 Å². The third-order valence-electron chi connectivity index (χ3n) is 16.3. The molecule has 1 aliphatic rings. The summed E-state index contributed by atoms with van der Waals surface area (Å²) < 4.78 is 61.4. The Morgan fingerprint density at radius 1 is 0.680 bits per heavy atom. The number of Topliss-reactive ketones (excluding diaryl/α,β-unsaturated/α-hetero) is 1. The summed E-state index contributed by atoms with van der Waals surface area (Å²) in [6.07, 6.45) is -0.390. The number of aromatic nitrogens is 4. The summed E-state index contributed by atoms with van der Waals surface area (Å²) in [5, 5.41) is 45.9. The molecule has 0 bridgehead atoms. The molecular formula is C64H77F5N14O15S2. The fourth-order valence-corrected chi connectivity index (χ4v) is 11.6. The Morgan fingerprint density at radius 3 is 1.73 bits per heavy atom. The highest BCUT2D eigenvalue weighted by Crippen LogP contribution is 2.31. The number of hydrogen-bond acceptors (Lipinski definition) is 17. The van der Waals surface area contributed by atoms with E-state index in [4.69, 9.17) is 21.4 Å². The van der Waals surface area contributed by atoms with Gasteiger partial charge >= 0.3 is 18.1 Å². The number of carboxylic acids is 2. The number of carboxylic acid groups (broad SMARTS) is 2. The first kappa shape index (κ1) is 78.9. The molecule has 3 aromatic carbocycles. The number of H-pyrrole nitrogens is 3. The summed E-state index contributed by atoms with van der Waals surface area (Å²) >= 11 is 8.24. The molecule has 0 spiro atoms. The molecule has 6 aromatic rings. The van der Waals surface area contributed by atoms with E-state index in [1.807, 2.05) is 0 Å². The maximum Gasteiger partial charge on any atom is 0.490 e. The minimum Gasteiger partial charge on any atom is -0.508 e. The maximum absolute atomic E-state index is 15.0. The van der Waals surface area contributed by atoms with Gasteiger partial charge in [0.05, 0.1) is 19.3 Å². The zero-order valence-corrected chi connectivity index (χ0v) is 55.5. The normalized spacial score (nSPS) is 15.7. The number of phenols is 1. The topological polar surface area (TPSA) is 465 Å². The number of aliphatic carboxylic acids is 2. The Bertz CT molecular complexity index is 3920. The first-order chi connectivity index (χ1) is 47.3. The van der Waals surface area contributed by atoms with Crippen LogP contribution in [-0.4, -0.2) is 190 Å². The number of unbranched alkanes of at least 4 members (excludes halogenated alkanes) is 1. The molecule has 0 unspecified atom stereocenters. The van der Waals surface area contributed by atoms with Crippen molar-refractivity contribution >= 4 is 118 Å². The molecule has 8 atom stereocenters. The third kappa shape index (κ3) is 22.7. The molecule has 7 rings (SSSR count). The SMILES string of the molecule is C[C@@]1(C(=O)N[C@@H](CS)C(N)=O)CCCN1C(=O)[C@H](Cc1ccc(O)cc1)NC(=O)[C@H](Cc1cnc[nH]1)NC(=O)[C@H](CC(=O)O)NC(=O)[C@H](Cc1c[nH]c2ccc(F)cc12)NC(=O)[C@H](Cc1c[nH]c2ccc(F)cc12)NC(=O)CNC(=O)[C@H](CCCCN)CC(=O)CCS.O=C(O)C(F)(F)F. The van der Waals surface area contributed by atoms with Gasteiger partial charge in [0.15, 0.2) is 0 Å². The number of nitrogens with one attached hydrogen (secondary N) is 10. The zero-order valence-electron chi connectivity index (χ0n) is 53.7. The van der Waals surface area contributed by atoms with Gasteiger partial charge in [0, 0.05) is 103 Å². The highest BCUT2D eigenvalue weighted by atomic mass is 32.1. The standard InChI is InChI=1S/C62H76F2N14O13S2.C2HF3O2/c1-62(61(91)77-51(31-93)54(66)84)15-4-17-78(62)60(90)50(19-33-6-10-40(79)11-7-33)76-58(88)48(25-39-29-67-32-71-39)74-59(89)49(26-53(82)83)75-57(87)47(22-36-28-69-45-13-9-38(64)24-43(36)45)73-56(86)46(21-35-27-68-44-12-8-37(63)23-42(35)44)72-52(81)30-70-55(85)34(5-2-3-16-65)20-41(80)14-18-92;3-2(4,5)1(6)7/h6-13,23-24,27-29,32,34,46-51,68-69,79,92-93H,2-5,14-22,25-26,30-31,65H2,1H3,(H2,66,84)(H,67,71)(H,70,85)(H,72,81)(H,73,86)(H,74,89)(H,75,87)(H,76,88)(H,77,91)(H,82,83);(H,6,7)/t34-,46+,47+,48+,49+,50+,51+,62+;/m1./s1. The predicted octanol–water partition coefficient (Wildman–Crippen LogP) is 1.58. The number of alkyl halides is 3. The summed E-state index contributed by atoms with van der Waals surface area (Å²) in [6, 6.07) is 3.42. The van der Waals surface area contributed by atoms with Gasteiger partial charge in [-0.3, -0.25) is 52.7 Å². The summed E-state index contributed by atoms with van der Waals surface area (Å²) in [4.78, 5) is 176. The molecule has 1 aliphatic heterocycles. The molecule has 4 heterocycles. The van der Waals surface area contributed by atoms with Crippen molar-refractivity contribution in [2.24, 2.45) is 17.4 Å². The third-order valence-corrected chi connectivity index (χ3v) is 16.9. The van der Waals surface area contributed by atoms with Crippen LogP contribution in [0.25, 0.3) is 21.8 Å². The van der Waals surface area contributed by atoms with E-state index >= 15 is 0 Å². The number of halogens is 5. The number of fused-ring (bicyclic) bond motifs is 2. The quantitative estimate of drug-likeness (QED) is 0.0153. The van der Waals surface area contributed by atoms with Gasteiger partial charge in [0.25, 0.3) is 0 Å². The number of aromatic amines is 3. The molecule has 0 saturated carbocycles. The first-order valence-corrected chi connectivity index (χ1v) is 32.5. The Kier molecular flexibility index (Phi) is 28.9. The molecule has 9 amide bonds. The second-order valence-corrected chi connectivity index (χ2v) is 24.5. The lowest BCUT2D eigenvalue weighted by molar-refractivity contribution is -0.192. The number of nitrogens with zero attached hydrogens (tertiary/aromatic N) is 2. The summed E-state index contributed by atoms with van der Waals surface area (Å²) in [7, 11) is 0. The Hall–Kier alpha value is -10.1. The van der Waals surface area contributed by atoms with Crippen LogP contribution in [-0.2, 0) is 83.2 Å². The van der Waals surface area contributed by atoms with Crippen LogP contribution in [0.4, 0.5) is 22.0 Å². The summed E-state index contributed by atoms with van der Waals surface area (Å²) in [5.41, 5.74) is 11.7. The number of thiol groups is 2. The highest BCUT2D eigenvalue weighted by molar-refractivity contribution is 7.80.